The smallest absolute Gasteiger partial charge is 0.387 e. The fourth-order valence-corrected chi connectivity index (χ4v) is 4.39. The molecular weight excluding hydrogens is 428 g/mol. The summed E-state index contributed by atoms with van der Waals surface area (Å²) in [5.74, 6) is 0.515. The molecule has 0 fully saturated rings. The number of rotatable bonds is 5. The number of para-hydroxylation sites is 1. The third kappa shape index (κ3) is 3.85. The summed E-state index contributed by atoms with van der Waals surface area (Å²) in [6.45, 7) is 0.499. The zero-order chi connectivity index (χ0) is 23.3. The monoisotopic (exact) mass is 451 g/mol. The molecule has 0 bridgehead atoms. The van der Waals surface area contributed by atoms with Crippen molar-refractivity contribution in [2.45, 2.75) is 44.6 Å². The van der Waals surface area contributed by atoms with E-state index in [2.05, 4.69) is 4.98 Å². The Morgan fingerprint density at radius 1 is 1.03 bits per heavy atom. The third-order valence-electron chi connectivity index (χ3n) is 6.00. The molecule has 2 unspecified atom stereocenters. The van der Waals surface area contributed by atoms with Crippen LogP contribution in [0.2, 0.25) is 0 Å². The number of halogens is 2. The molecule has 2 atom stereocenters. The Morgan fingerprint density at radius 2 is 1.76 bits per heavy atom. The van der Waals surface area contributed by atoms with Crippen LogP contribution >= 0.6 is 0 Å². The quantitative estimate of drug-likeness (QED) is 0.449. The van der Waals surface area contributed by atoms with Crippen molar-refractivity contribution in [2.75, 3.05) is 0 Å². The van der Waals surface area contributed by atoms with E-state index in [1.807, 2.05) is 41.0 Å². The topological polar surface area (TPSA) is 80.4 Å². The van der Waals surface area contributed by atoms with Gasteiger partial charge in [-0.1, -0.05) is 42.5 Å². The van der Waals surface area contributed by atoms with Gasteiger partial charge >= 0.3 is 6.61 Å². The normalized spacial score (nSPS) is 18.2. The van der Waals surface area contributed by atoms with Gasteiger partial charge in [0.25, 0.3) is 0 Å². The highest BCUT2D eigenvalue weighted by Gasteiger charge is 2.36. The number of alkyl halides is 2. The molecule has 170 valence electrons. The van der Waals surface area contributed by atoms with E-state index in [9.17, 15) is 19.0 Å². The van der Waals surface area contributed by atoms with E-state index in [1.165, 1.54) is 6.07 Å². The Labute approximate surface area is 189 Å². The van der Waals surface area contributed by atoms with Crippen molar-refractivity contribution < 1.29 is 23.7 Å². The van der Waals surface area contributed by atoms with Gasteiger partial charge in [0.2, 0.25) is 0 Å². The van der Waals surface area contributed by atoms with Gasteiger partial charge in [0, 0.05) is 17.5 Å². The van der Waals surface area contributed by atoms with Gasteiger partial charge in [0.05, 0.1) is 17.3 Å². The SMILES string of the molecule is CC(C)(O)c1ccc(-c2ccc3nc4n(c3n2)C(c2ccccc2OC(F)F)CC4O)cc1. The molecule has 8 heteroatoms. The molecule has 0 saturated carbocycles. The maximum atomic E-state index is 13.0. The number of benzene rings is 2. The molecule has 4 aromatic rings. The maximum absolute atomic E-state index is 13.0. The van der Waals surface area contributed by atoms with Crippen molar-refractivity contribution in [1.29, 1.82) is 0 Å². The van der Waals surface area contributed by atoms with E-state index in [0.29, 0.717) is 28.2 Å². The highest BCUT2D eigenvalue weighted by molar-refractivity contribution is 5.77. The minimum atomic E-state index is -2.95. The van der Waals surface area contributed by atoms with Gasteiger partial charge in [-0.05, 0) is 37.6 Å². The number of nitrogens with zero attached hydrogens (tertiary/aromatic N) is 3. The molecule has 2 aromatic heterocycles. The van der Waals surface area contributed by atoms with Crippen molar-refractivity contribution in [3.05, 3.63) is 77.6 Å². The van der Waals surface area contributed by atoms with Crippen LogP contribution in [0.15, 0.2) is 60.7 Å². The van der Waals surface area contributed by atoms with Gasteiger partial charge in [-0.25, -0.2) is 9.97 Å². The number of ether oxygens (including phenoxy) is 1. The molecular formula is C25H23F2N3O3. The second-order valence-corrected chi connectivity index (χ2v) is 8.70. The highest BCUT2D eigenvalue weighted by Crippen LogP contribution is 2.43. The van der Waals surface area contributed by atoms with Gasteiger partial charge in [-0.3, -0.25) is 0 Å². The van der Waals surface area contributed by atoms with Crippen LogP contribution < -0.4 is 4.74 Å². The van der Waals surface area contributed by atoms with Gasteiger partial charge in [0.15, 0.2) is 5.65 Å². The highest BCUT2D eigenvalue weighted by atomic mass is 19.3. The van der Waals surface area contributed by atoms with Gasteiger partial charge in [-0.2, -0.15) is 8.78 Å². The summed E-state index contributed by atoms with van der Waals surface area (Å²) in [5, 5.41) is 20.9. The van der Waals surface area contributed by atoms with Crippen LogP contribution in [0.4, 0.5) is 8.78 Å². The first-order valence-corrected chi connectivity index (χ1v) is 10.7. The molecule has 1 aliphatic heterocycles. The largest absolute Gasteiger partial charge is 0.434 e. The summed E-state index contributed by atoms with van der Waals surface area (Å²) in [4.78, 5) is 9.36. The Morgan fingerprint density at radius 3 is 2.45 bits per heavy atom. The van der Waals surface area contributed by atoms with E-state index >= 15 is 0 Å². The van der Waals surface area contributed by atoms with Gasteiger partial charge in [0.1, 0.15) is 23.2 Å². The van der Waals surface area contributed by atoms with E-state index in [0.717, 1.165) is 11.1 Å². The number of hydrogen-bond donors (Lipinski definition) is 2. The summed E-state index contributed by atoms with van der Waals surface area (Å²) >= 11 is 0. The molecule has 2 aromatic carbocycles. The first kappa shape index (κ1) is 21.5. The minimum absolute atomic E-state index is 0.0674. The average molecular weight is 451 g/mol. The fourth-order valence-electron chi connectivity index (χ4n) is 4.39. The van der Waals surface area contributed by atoms with Crippen molar-refractivity contribution in [2.24, 2.45) is 0 Å². The molecule has 5 rings (SSSR count). The van der Waals surface area contributed by atoms with Gasteiger partial charge in [-0.15, -0.1) is 0 Å². The predicted octanol–water partition coefficient (Wildman–Crippen LogP) is 4.95. The minimum Gasteiger partial charge on any atom is -0.434 e. The van der Waals surface area contributed by atoms with E-state index in [-0.39, 0.29) is 12.2 Å². The molecule has 1 aliphatic rings. The predicted molar refractivity (Wildman–Crippen MR) is 119 cm³/mol. The fraction of sp³-hybridized carbons (Fsp3) is 0.280. The number of fused-ring (bicyclic) bond motifs is 3. The van der Waals surface area contributed by atoms with Crippen LogP contribution in [0.3, 0.4) is 0 Å². The molecule has 33 heavy (non-hydrogen) atoms. The lowest BCUT2D eigenvalue weighted by Gasteiger charge is -2.19. The van der Waals surface area contributed by atoms with Crippen molar-refractivity contribution in [1.82, 2.24) is 14.5 Å². The first-order valence-electron chi connectivity index (χ1n) is 10.7. The maximum Gasteiger partial charge on any atom is 0.387 e. The first-order chi connectivity index (χ1) is 15.7. The average Bonchev–Trinajstić information content (AvgIpc) is 3.30. The lowest BCUT2D eigenvalue weighted by Crippen LogP contribution is -2.14. The lowest BCUT2D eigenvalue weighted by atomic mass is 9.97. The molecule has 6 nitrogen and oxygen atoms in total. The molecule has 0 amide bonds. The summed E-state index contributed by atoms with van der Waals surface area (Å²) in [7, 11) is 0. The number of aliphatic hydroxyl groups is 2. The Bertz CT molecular complexity index is 1310. The van der Waals surface area contributed by atoms with Crippen LogP contribution in [0.1, 0.15) is 49.4 Å². The second-order valence-electron chi connectivity index (χ2n) is 8.70. The van der Waals surface area contributed by atoms with E-state index in [1.54, 1.807) is 32.0 Å². The number of aromatic nitrogens is 3. The third-order valence-corrected chi connectivity index (χ3v) is 6.00. The summed E-state index contributed by atoms with van der Waals surface area (Å²) in [6, 6.07) is 17.3. The second kappa shape index (κ2) is 7.90. The van der Waals surface area contributed by atoms with Crippen LogP contribution in [-0.2, 0) is 5.60 Å². The summed E-state index contributed by atoms with van der Waals surface area (Å²) < 4.78 is 32.5. The van der Waals surface area contributed by atoms with Crippen LogP contribution in [0, 0.1) is 0 Å². The van der Waals surface area contributed by atoms with E-state index in [4.69, 9.17) is 9.72 Å². The molecule has 0 radical (unpaired) electrons. The zero-order valence-corrected chi connectivity index (χ0v) is 18.1. The van der Waals surface area contributed by atoms with E-state index < -0.39 is 24.4 Å². The molecule has 0 saturated heterocycles. The Hall–Kier alpha value is -3.36. The number of imidazole rings is 1. The molecule has 2 N–H and O–H groups in total. The number of pyridine rings is 1. The number of hydrogen-bond acceptors (Lipinski definition) is 5. The number of aliphatic hydroxyl groups excluding tert-OH is 1. The molecule has 0 spiro atoms. The molecule has 3 heterocycles. The zero-order valence-electron chi connectivity index (χ0n) is 18.1. The summed E-state index contributed by atoms with van der Waals surface area (Å²) in [6.07, 6.45) is -0.563. The Kier molecular flexibility index (Phi) is 5.14. The van der Waals surface area contributed by atoms with Gasteiger partial charge < -0.3 is 19.5 Å². The van der Waals surface area contributed by atoms with Crippen molar-refractivity contribution in [3.8, 4) is 17.0 Å². The lowest BCUT2D eigenvalue weighted by molar-refractivity contribution is -0.0507. The molecule has 0 aliphatic carbocycles. The Balaban J connectivity index is 1.60. The summed E-state index contributed by atoms with van der Waals surface area (Å²) in [5.41, 5.74) is 3.11. The van der Waals surface area contributed by atoms with Crippen molar-refractivity contribution >= 4 is 11.2 Å². The van der Waals surface area contributed by atoms with Crippen LogP contribution in [0.25, 0.3) is 22.4 Å². The van der Waals surface area contributed by atoms with Crippen LogP contribution in [-0.4, -0.2) is 31.4 Å². The van der Waals surface area contributed by atoms with Crippen LogP contribution in [0.5, 0.6) is 5.75 Å². The standard InChI is InChI=1S/C25H23F2N3O3/c1-25(2,32)15-9-7-14(8-10-15)17-11-12-18-22(28-17)30-19(13-20(31)23(30)29-18)16-5-3-4-6-21(16)33-24(26)27/h3-12,19-20,24,31-32H,13H2,1-2H3. The van der Waals surface area contributed by atoms with Crippen molar-refractivity contribution in [3.63, 3.8) is 0 Å².